The maximum Gasteiger partial charge on any atom is 0.167 e. The van der Waals surface area contributed by atoms with E-state index < -0.39 is 19.0 Å². The predicted octanol–water partition coefficient (Wildman–Crippen LogP) is 4.11. The van der Waals surface area contributed by atoms with E-state index in [2.05, 4.69) is 13.8 Å². The third-order valence-corrected chi connectivity index (χ3v) is 3.51. The van der Waals surface area contributed by atoms with Crippen LogP contribution < -0.4 is 4.74 Å². The van der Waals surface area contributed by atoms with E-state index in [-0.39, 0.29) is 24.9 Å². The molecule has 0 saturated heterocycles. The normalized spacial score (nSPS) is 14.1. The first-order valence-electron chi connectivity index (χ1n) is 7.92. The molecule has 0 aromatic heterocycles. The van der Waals surface area contributed by atoms with Crippen molar-refractivity contribution in [3.05, 3.63) is 29.8 Å². The minimum Gasteiger partial charge on any atom is -0.490 e. The van der Waals surface area contributed by atoms with Crippen LogP contribution in [-0.2, 0) is 9.53 Å². The van der Waals surface area contributed by atoms with Crippen molar-refractivity contribution in [2.45, 2.75) is 46.0 Å². The van der Waals surface area contributed by atoms with E-state index in [1.807, 2.05) is 12.1 Å². The summed E-state index contributed by atoms with van der Waals surface area (Å²) in [4.78, 5) is 11.3. The van der Waals surface area contributed by atoms with Gasteiger partial charge < -0.3 is 9.47 Å². The molecule has 130 valence electrons. The second kappa shape index (κ2) is 9.60. The summed E-state index contributed by atoms with van der Waals surface area (Å²) in [6.07, 6.45) is -3.61. The maximum atomic E-state index is 13.7. The minimum absolute atomic E-state index is 0.130. The molecule has 5 heteroatoms. The molecule has 0 saturated carbocycles. The van der Waals surface area contributed by atoms with Crippen LogP contribution in [0.3, 0.4) is 0 Å². The number of halogens is 2. The van der Waals surface area contributed by atoms with Gasteiger partial charge >= 0.3 is 0 Å². The SMILES string of the molecule is CC(C)C(=O)COCC(F)C(F)COc1ccc(C(C)C)cc1. The van der Waals surface area contributed by atoms with Gasteiger partial charge in [-0.25, -0.2) is 8.78 Å². The molecule has 0 radical (unpaired) electrons. The van der Waals surface area contributed by atoms with E-state index >= 15 is 0 Å². The lowest BCUT2D eigenvalue weighted by Gasteiger charge is -2.15. The molecular weight excluding hydrogens is 302 g/mol. The van der Waals surface area contributed by atoms with E-state index in [1.165, 1.54) is 0 Å². The maximum absolute atomic E-state index is 13.7. The molecule has 23 heavy (non-hydrogen) atoms. The van der Waals surface area contributed by atoms with Crippen molar-refractivity contribution < 1.29 is 23.0 Å². The molecule has 1 aromatic rings. The lowest BCUT2D eigenvalue weighted by molar-refractivity contribution is -0.127. The minimum atomic E-state index is -1.81. The molecule has 0 aliphatic rings. The molecule has 0 spiro atoms. The molecule has 0 fully saturated rings. The van der Waals surface area contributed by atoms with Crippen molar-refractivity contribution in [2.24, 2.45) is 5.92 Å². The summed E-state index contributed by atoms with van der Waals surface area (Å²) in [6, 6.07) is 7.29. The van der Waals surface area contributed by atoms with Gasteiger partial charge in [0.05, 0.1) is 6.61 Å². The molecule has 2 unspecified atom stereocenters. The summed E-state index contributed by atoms with van der Waals surface area (Å²) in [5, 5.41) is 0. The Morgan fingerprint density at radius 2 is 1.57 bits per heavy atom. The van der Waals surface area contributed by atoms with E-state index in [0.717, 1.165) is 5.56 Å². The van der Waals surface area contributed by atoms with Gasteiger partial charge in [-0.05, 0) is 23.6 Å². The third kappa shape index (κ3) is 7.08. The summed E-state index contributed by atoms with van der Waals surface area (Å²) in [5.41, 5.74) is 1.15. The van der Waals surface area contributed by atoms with Crippen molar-refractivity contribution in [1.29, 1.82) is 0 Å². The molecule has 2 atom stereocenters. The molecule has 0 aliphatic heterocycles. The van der Waals surface area contributed by atoms with Crippen molar-refractivity contribution >= 4 is 5.78 Å². The van der Waals surface area contributed by atoms with Gasteiger partial charge in [-0.2, -0.15) is 0 Å². The number of carbonyl (C=O) groups excluding carboxylic acids is 1. The molecular formula is C18H26F2O3. The predicted molar refractivity (Wildman–Crippen MR) is 86.5 cm³/mol. The monoisotopic (exact) mass is 328 g/mol. The topological polar surface area (TPSA) is 35.5 Å². The van der Waals surface area contributed by atoms with Crippen molar-refractivity contribution in [1.82, 2.24) is 0 Å². The zero-order valence-corrected chi connectivity index (χ0v) is 14.2. The molecule has 1 aromatic carbocycles. The Kier molecular flexibility index (Phi) is 8.17. The molecule has 0 amide bonds. The third-order valence-electron chi connectivity index (χ3n) is 3.51. The fourth-order valence-corrected chi connectivity index (χ4v) is 1.77. The first-order chi connectivity index (χ1) is 10.8. The Morgan fingerprint density at radius 3 is 2.09 bits per heavy atom. The Labute approximate surface area is 137 Å². The number of alkyl halides is 2. The Morgan fingerprint density at radius 1 is 1.00 bits per heavy atom. The van der Waals surface area contributed by atoms with E-state index in [4.69, 9.17) is 9.47 Å². The van der Waals surface area contributed by atoms with Gasteiger partial charge in [0.2, 0.25) is 0 Å². The van der Waals surface area contributed by atoms with Gasteiger partial charge in [0.1, 0.15) is 19.0 Å². The summed E-state index contributed by atoms with van der Waals surface area (Å²) in [5.74, 6) is 0.597. The second-order valence-corrected chi connectivity index (χ2v) is 6.20. The highest BCUT2D eigenvalue weighted by atomic mass is 19.2. The Bertz CT molecular complexity index is 472. The fourth-order valence-electron chi connectivity index (χ4n) is 1.77. The van der Waals surface area contributed by atoms with Crippen LogP contribution in [-0.4, -0.2) is 37.9 Å². The highest BCUT2D eigenvalue weighted by molar-refractivity contribution is 5.81. The molecule has 3 nitrogen and oxygen atoms in total. The largest absolute Gasteiger partial charge is 0.490 e. The number of hydrogen-bond donors (Lipinski definition) is 0. The molecule has 0 aliphatic carbocycles. The summed E-state index contributed by atoms with van der Waals surface area (Å²) in [7, 11) is 0. The number of hydrogen-bond acceptors (Lipinski definition) is 3. The van der Waals surface area contributed by atoms with Crippen LogP contribution >= 0.6 is 0 Å². The smallest absolute Gasteiger partial charge is 0.167 e. The van der Waals surface area contributed by atoms with Gasteiger partial charge in [-0.15, -0.1) is 0 Å². The van der Waals surface area contributed by atoms with Gasteiger partial charge in [0.15, 0.2) is 18.1 Å². The quantitative estimate of drug-likeness (QED) is 0.648. The van der Waals surface area contributed by atoms with Crippen LogP contribution in [0.1, 0.15) is 39.2 Å². The van der Waals surface area contributed by atoms with Crippen LogP contribution in [0.25, 0.3) is 0 Å². The fraction of sp³-hybridized carbons (Fsp3) is 0.611. The lowest BCUT2D eigenvalue weighted by atomic mass is 10.0. The zero-order valence-electron chi connectivity index (χ0n) is 14.2. The van der Waals surface area contributed by atoms with Crippen LogP contribution in [0, 0.1) is 5.92 Å². The first kappa shape index (κ1) is 19.6. The number of carbonyl (C=O) groups is 1. The number of Topliss-reactive ketones (excluding diaryl/α,β-unsaturated/α-hetero) is 1. The van der Waals surface area contributed by atoms with E-state index in [1.54, 1.807) is 26.0 Å². The van der Waals surface area contributed by atoms with Gasteiger partial charge in [-0.3, -0.25) is 4.79 Å². The number of ketones is 1. The molecule has 0 N–H and O–H groups in total. The number of ether oxygens (including phenoxy) is 2. The van der Waals surface area contributed by atoms with Gasteiger partial charge in [0.25, 0.3) is 0 Å². The lowest BCUT2D eigenvalue weighted by Crippen LogP contribution is -2.30. The zero-order chi connectivity index (χ0) is 17.4. The highest BCUT2D eigenvalue weighted by Gasteiger charge is 2.22. The van der Waals surface area contributed by atoms with Gasteiger partial charge in [-0.1, -0.05) is 39.8 Å². The second-order valence-electron chi connectivity index (χ2n) is 6.20. The molecule has 0 heterocycles. The average Bonchev–Trinajstić information content (AvgIpc) is 2.52. The molecule has 0 bridgehead atoms. The first-order valence-corrected chi connectivity index (χ1v) is 7.92. The standard InChI is InChI=1S/C18H26F2O3/c1-12(2)14-5-7-15(8-6-14)23-10-17(20)16(19)9-22-11-18(21)13(3)4/h5-8,12-13,16-17H,9-11H2,1-4H3. The van der Waals surface area contributed by atoms with Crippen LogP contribution in [0.15, 0.2) is 24.3 Å². The number of rotatable bonds is 10. The Balaban J connectivity index is 2.32. The summed E-state index contributed by atoms with van der Waals surface area (Å²) >= 11 is 0. The number of benzene rings is 1. The molecule has 1 rings (SSSR count). The highest BCUT2D eigenvalue weighted by Crippen LogP contribution is 2.19. The van der Waals surface area contributed by atoms with Crippen molar-refractivity contribution in [3.63, 3.8) is 0 Å². The Hall–Kier alpha value is -1.49. The summed E-state index contributed by atoms with van der Waals surface area (Å²) < 4.78 is 37.5. The van der Waals surface area contributed by atoms with Crippen molar-refractivity contribution in [2.75, 3.05) is 19.8 Å². The van der Waals surface area contributed by atoms with E-state index in [9.17, 15) is 13.6 Å². The van der Waals surface area contributed by atoms with Crippen LogP contribution in [0.5, 0.6) is 5.75 Å². The van der Waals surface area contributed by atoms with E-state index in [0.29, 0.717) is 11.7 Å². The average molecular weight is 328 g/mol. The van der Waals surface area contributed by atoms with Crippen molar-refractivity contribution in [3.8, 4) is 5.75 Å². The van der Waals surface area contributed by atoms with Gasteiger partial charge in [0, 0.05) is 5.92 Å². The van der Waals surface area contributed by atoms with Crippen LogP contribution in [0.2, 0.25) is 0 Å². The summed E-state index contributed by atoms with van der Waals surface area (Å²) in [6.45, 7) is 6.58. The van der Waals surface area contributed by atoms with Crippen LogP contribution in [0.4, 0.5) is 8.78 Å².